The zero-order valence-corrected chi connectivity index (χ0v) is 10.6. The van der Waals surface area contributed by atoms with Gasteiger partial charge in [0.15, 0.2) is 0 Å². The number of para-hydroxylation sites is 1. The molecule has 0 saturated heterocycles. The van der Waals surface area contributed by atoms with Crippen LogP contribution in [-0.4, -0.2) is 44.9 Å². The Labute approximate surface area is 114 Å². The number of rotatable bonds is 3. The quantitative estimate of drug-likeness (QED) is 0.509. The van der Waals surface area contributed by atoms with Crippen LogP contribution in [0, 0.1) is 0 Å². The molecule has 0 aliphatic carbocycles. The number of hydrogen-bond donors (Lipinski definition) is 5. The van der Waals surface area contributed by atoms with Crippen LogP contribution >= 0.6 is 0 Å². The van der Waals surface area contributed by atoms with Crippen molar-refractivity contribution < 1.29 is 24.9 Å². The Hall–Kier alpha value is -2.38. The van der Waals surface area contributed by atoms with Gasteiger partial charge in [-0.3, -0.25) is 0 Å². The van der Waals surface area contributed by atoms with Gasteiger partial charge in [-0.2, -0.15) is 0 Å². The number of aliphatic hydroxyl groups is 1. The Balaban J connectivity index is 0.000000286. The number of carbonyl (C=O) groups is 2. The third-order valence-corrected chi connectivity index (χ3v) is 2.57. The fraction of sp³-hybridized carbons (Fsp3) is 0.231. The first-order chi connectivity index (χ1) is 9.45. The normalized spacial score (nSPS) is 11.5. The van der Waals surface area contributed by atoms with E-state index in [2.05, 4.69) is 11.1 Å². The number of benzene rings is 1. The van der Waals surface area contributed by atoms with E-state index in [-0.39, 0.29) is 12.6 Å². The first kappa shape index (κ1) is 15.7. The lowest BCUT2D eigenvalue weighted by Crippen LogP contribution is -2.26. The minimum Gasteiger partial charge on any atom is -0.473 e. The predicted molar refractivity (Wildman–Crippen MR) is 72.3 cm³/mol. The van der Waals surface area contributed by atoms with Gasteiger partial charge in [-0.15, -0.1) is 0 Å². The van der Waals surface area contributed by atoms with Gasteiger partial charge in [0, 0.05) is 23.1 Å². The van der Waals surface area contributed by atoms with E-state index in [1.165, 1.54) is 10.9 Å². The molecule has 0 saturated carbocycles. The summed E-state index contributed by atoms with van der Waals surface area (Å²) in [6.45, 7) is 0.0273. The van der Waals surface area contributed by atoms with Gasteiger partial charge in [-0.05, 0) is 18.1 Å². The van der Waals surface area contributed by atoms with Gasteiger partial charge in [0.05, 0.1) is 6.61 Å². The maximum absolute atomic E-state index is 9.10. The molecule has 2 rings (SSSR count). The number of fused-ring (bicyclic) bond motifs is 1. The molecule has 7 heteroatoms. The van der Waals surface area contributed by atoms with Crippen molar-refractivity contribution in [3.63, 3.8) is 0 Å². The molecule has 1 aromatic carbocycles. The lowest BCUT2D eigenvalue weighted by atomic mass is 10.1. The molecule has 0 aliphatic rings. The summed E-state index contributed by atoms with van der Waals surface area (Å²) >= 11 is 0. The molecular weight excluding hydrogens is 264 g/mol. The van der Waals surface area contributed by atoms with Gasteiger partial charge < -0.3 is 26.0 Å². The van der Waals surface area contributed by atoms with Gasteiger partial charge in [-0.25, -0.2) is 9.59 Å². The summed E-state index contributed by atoms with van der Waals surface area (Å²) in [6, 6.07) is 7.92. The molecule has 7 nitrogen and oxygen atoms in total. The van der Waals surface area contributed by atoms with E-state index in [0.717, 1.165) is 5.52 Å². The van der Waals surface area contributed by atoms with Crippen LogP contribution in [-0.2, 0) is 16.0 Å². The van der Waals surface area contributed by atoms with E-state index < -0.39 is 11.9 Å². The van der Waals surface area contributed by atoms with Crippen molar-refractivity contribution >= 4 is 22.8 Å². The third kappa shape index (κ3) is 4.38. The number of hydrogen-bond acceptors (Lipinski definition) is 4. The lowest BCUT2D eigenvalue weighted by molar-refractivity contribution is -0.159. The number of aliphatic hydroxyl groups excluding tert-OH is 1. The molecule has 6 N–H and O–H groups in total. The topological polar surface area (TPSA) is 137 Å². The smallest absolute Gasteiger partial charge is 0.414 e. The zero-order valence-electron chi connectivity index (χ0n) is 10.6. The van der Waals surface area contributed by atoms with E-state index in [1.54, 1.807) is 0 Å². The van der Waals surface area contributed by atoms with Crippen molar-refractivity contribution in [3.05, 3.63) is 36.0 Å². The second-order valence-electron chi connectivity index (χ2n) is 4.12. The second kappa shape index (κ2) is 7.27. The van der Waals surface area contributed by atoms with Crippen LogP contribution in [0.3, 0.4) is 0 Å². The molecule has 2 aromatic rings. The largest absolute Gasteiger partial charge is 0.473 e. The van der Waals surface area contributed by atoms with Crippen molar-refractivity contribution in [2.45, 2.75) is 12.5 Å². The van der Waals surface area contributed by atoms with E-state index in [1.807, 2.05) is 24.4 Å². The van der Waals surface area contributed by atoms with Crippen LogP contribution in [0.2, 0.25) is 0 Å². The van der Waals surface area contributed by atoms with Crippen LogP contribution in [0.1, 0.15) is 5.56 Å². The number of aliphatic carboxylic acids is 2. The van der Waals surface area contributed by atoms with Crippen LogP contribution in [0.15, 0.2) is 30.5 Å². The summed E-state index contributed by atoms with van der Waals surface area (Å²) in [5.41, 5.74) is 7.98. The highest BCUT2D eigenvalue weighted by Crippen LogP contribution is 2.18. The van der Waals surface area contributed by atoms with Gasteiger partial charge in [-0.1, -0.05) is 18.2 Å². The van der Waals surface area contributed by atoms with E-state index in [4.69, 9.17) is 30.6 Å². The summed E-state index contributed by atoms with van der Waals surface area (Å²) in [5, 5.41) is 24.8. The maximum Gasteiger partial charge on any atom is 0.414 e. The molecule has 0 amide bonds. The number of aromatic amines is 1. The minimum atomic E-state index is -1.82. The number of aromatic nitrogens is 1. The summed E-state index contributed by atoms with van der Waals surface area (Å²) in [6.07, 6.45) is 2.67. The van der Waals surface area contributed by atoms with Crippen LogP contribution in [0.4, 0.5) is 0 Å². The van der Waals surface area contributed by atoms with E-state index in [9.17, 15) is 0 Å². The summed E-state index contributed by atoms with van der Waals surface area (Å²) in [7, 11) is 0. The number of carboxylic acids is 2. The molecule has 20 heavy (non-hydrogen) atoms. The number of nitrogens with one attached hydrogen (secondary N) is 1. The highest BCUT2D eigenvalue weighted by molar-refractivity contribution is 6.27. The van der Waals surface area contributed by atoms with Crippen LogP contribution in [0.5, 0.6) is 0 Å². The SMILES string of the molecule is NC(CO)Cc1c[nH]c2ccccc12.O=C(O)C(=O)O. The molecular formula is C13H16N2O5. The lowest BCUT2D eigenvalue weighted by Gasteiger charge is -2.05. The summed E-state index contributed by atoms with van der Waals surface area (Å²) in [4.78, 5) is 21.4. The van der Waals surface area contributed by atoms with Crippen molar-refractivity contribution in [1.29, 1.82) is 0 Å². The first-order valence-corrected chi connectivity index (χ1v) is 5.83. The monoisotopic (exact) mass is 280 g/mol. The Morgan fingerprint density at radius 3 is 2.35 bits per heavy atom. The standard InChI is InChI=1S/C11H14N2O.C2H2O4/c12-9(7-14)5-8-6-13-11-4-2-1-3-10(8)11;3-1(4)2(5)6/h1-4,6,9,13-14H,5,7,12H2;(H,3,4)(H,5,6). The zero-order chi connectivity index (χ0) is 15.1. The van der Waals surface area contributed by atoms with Gasteiger partial charge >= 0.3 is 11.9 Å². The molecule has 1 aromatic heterocycles. The van der Waals surface area contributed by atoms with Crippen LogP contribution < -0.4 is 5.73 Å². The highest BCUT2D eigenvalue weighted by atomic mass is 16.4. The van der Waals surface area contributed by atoms with Crippen molar-refractivity contribution in [2.24, 2.45) is 5.73 Å². The Bertz CT molecular complexity index is 581. The first-order valence-electron chi connectivity index (χ1n) is 5.83. The van der Waals surface area contributed by atoms with Gasteiger partial charge in [0.25, 0.3) is 0 Å². The second-order valence-corrected chi connectivity index (χ2v) is 4.12. The molecule has 0 fully saturated rings. The molecule has 1 atom stereocenters. The molecule has 0 bridgehead atoms. The van der Waals surface area contributed by atoms with Crippen molar-refractivity contribution in [3.8, 4) is 0 Å². The Morgan fingerprint density at radius 1 is 1.20 bits per heavy atom. The van der Waals surface area contributed by atoms with Crippen molar-refractivity contribution in [1.82, 2.24) is 4.98 Å². The number of H-pyrrole nitrogens is 1. The molecule has 1 unspecified atom stereocenters. The fourth-order valence-corrected chi connectivity index (χ4v) is 1.65. The average molecular weight is 280 g/mol. The molecule has 1 heterocycles. The number of carboxylic acid groups (broad SMARTS) is 2. The van der Waals surface area contributed by atoms with Gasteiger partial charge in [0.1, 0.15) is 0 Å². The van der Waals surface area contributed by atoms with Crippen LogP contribution in [0.25, 0.3) is 10.9 Å². The maximum atomic E-state index is 9.10. The van der Waals surface area contributed by atoms with Gasteiger partial charge in [0.2, 0.25) is 0 Å². The average Bonchev–Trinajstić information content (AvgIpc) is 2.82. The Morgan fingerprint density at radius 2 is 1.80 bits per heavy atom. The summed E-state index contributed by atoms with van der Waals surface area (Å²) < 4.78 is 0. The minimum absolute atomic E-state index is 0.0273. The molecule has 0 aliphatic heterocycles. The summed E-state index contributed by atoms with van der Waals surface area (Å²) in [5.74, 6) is -3.65. The predicted octanol–water partition coefficient (Wildman–Crippen LogP) is 0.186. The Kier molecular flexibility index (Phi) is 5.70. The van der Waals surface area contributed by atoms with E-state index >= 15 is 0 Å². The van der Waals surface area contributed by atoms with Crippen molar-refractivity contribution in [2.75, 3.05) is 6.61 Å². The highest BCUT2D eigenvalue weighted by Gasteiger charge is 2.07. The molecule has 0 radical (unpaired) electrons. The number of nitrogens with two attached hydrogens (primary N) is 1. The molecule has 108 valence electrons. The van der Waals surface area contributed by atoms with E-state index in [0.29, 0.717) is 6.42 Å². The fourth-order valence-electron chi connectivity index (χ4n) is 1.65. The third-order valence-electron chi connectivity index (χ3n) is 2.57. The molecule has 0 spiro atoms.